The molecule has 0 spiro atoms. The number of rotatable bonds is 8. The predicted molar refractivity (Wildman–Crippen MR) is 174 cm³/mol. The van der Waals surface area contributed by atoms with Gasteiger partial charge in [0.05, 0.1) is 30.6 Å². The number of benzene rings is 2. The Morgan fingerprint density at radius 2 is 2.02 bits per heavy atom. The maximum Gasteiger partial charge on any atom is 0.192 e. The number of ether oxygens (including phenoxy) is 1. The van der Waals surface area contributed by atoms with Gasteiger partial charge in [-0.2, -0.15) is 0 Å². The van der Waals surface area contributed by atoms with Gasteiger partial charge in [0.25, 0.3) is 0 Å². The van der Waals surface area contributed by atoms with Crippen molar-refractivity contribution in [3.8, 4) is 5.75 Å². The van der Waals surface area contributed by atoms with Crippen LogP contribution in [0.2, 0.25) is 18.1 Å². The smallest absolute Gasteiger partial charge is 0.192 e. The number of pyridine rings is 1. The average Bonchev–Trinajstić information content (AvgIpc) is 3.54. The molecule has 8 heteroatoms. The van der Waals surface area contributed by atoms with E-state index >= 15 is 0 Å². The zero-order valence-electron chi connectivity index (χ0n) is 26.0. The average molecular weight is 587 g/mol. The summed E-state index contributed by atoms with van der Waals surface area (Å²) in [5, 5.41) is 17.7. The summed E-state index contributed by atoms with van der Waals surface area (Å²) in [7, 11) is -1.91. The van der Waals surface area contributed by atoms with Crippen LogP contribution in [-0.4, -0.2) is 50.8 Å². The first-order valence-electron chi connectivity index (χ1n) is 15.5. The van der Waals surface area contributed by atoms with Gasteiger partial charge in [0.2, 0.25) is 0 Å². The Morgan fingerprint density at radius 1 is 1.19 bits per heavy atom. The molecule has 224 valence electrons. The number of nitrogens with one attached hydrogen (secondary N) is 2. The quantitative estimate of drug-likeness (QED) is 0.239. The van der Waals surface area contributed by atoms with E-state index in [0.29, 0.717) is 12.5 Å². The molecule has 6 rings (SSSR count). The molecule has 42 heavy (non-hydrogen) atoms. The highest BCUT2D eigenvalue weighted by atomic mass is 28.4. The van der Waals surface area contributed by atoms with Gasteiger partial charge in [-0.1, -0.05) is 39.0 Å². The summed E-state index contributed by atoms with van der Waals surface area (Å²) in [5.74, 6) is 1.39. The van der Waals surface area contributed by atoms with Crippen LogP contribution in [-0.2, 0) is 10.8 Å². The van der Waals surface area contributed by atoms with Gasteiger partial charge >= 0.3 is 0 Å². The molecule has 3 aliphatic rings. The fraction of sp³-hybridized carbons (Fsp3) is 0.500. The molecule has 0 radical (unpaired) electrons. The van der Waals surface area contributed by atoms with E-state index in [2.05, 4.69) is 97.7 Å². The van der Waals surface area contributed by atoms with Gasteiger partial charge < -0.3 is 29.8 Å². The molecule has 0 fully saturated rings. The SMILES string of the molecule is Cc1cccc2c1NCC2CCN1CC(CO[Si](C)(C)C(C)(C)C)Oc2cc(Nc3ccnc4c3CCC4O)ccc21. The van der Waals surface area contributed by atoms with Crippen molar-refractivity contribution in [3.63, 3.8) is 0 Å². The second kappa shape index (κ2) is 11.2. The monoisotopic (exact) mass is 586 g/mol. The second-order valence-electron chi connectivity index (χ2n) is 13.7. The van der Waals surface area contributed by atoms with Crippen molar-refractivity contribution in [2.24, 2.45) is 0 Å². The number of hydrogen-bond acceptors (Lipinski definition) is 7. The minimum Gasteiger partial charge on any atom is -0.484 e. The van der Waals surface area contributed by atoms with Crippen molar-refractivity contribution >= 4 is 31.1 Å². The van der Waals surface area contributed by atoms with Crippen molar-refractivity contribution in [3.05, 3.63) is 71.0 Å². The summed E-state index contributed by atoms with van der Waals surface area (Å²) in [4.78, 5) is 6.92. The van der Waals surface area contributed by atoms with Crippen LogP contribution in [0.25, 0.3) is 0 Å². The molecule has 3 N–H and O–H groups in total. The number of hydrogen-bond donors (Lipinski definition) is 3. The van der Waals surface area contributed by atoms with E-state index in [4.69, 9.17) is 9.16 Å². The summed E-state index contributed by atoms with van der Waals surface area (Å²) in [6, 6.07) is 15.1. The van der Waals surface area contributed by atoms with Gasteiger partial charge in [0.15, 0.2) is 8.32 Å². The molecule has 0 bridgehead atoms. The highest BCUT2D eigenvalue weighted by molar-refractivity contribution is 6.74. The van der Waals surface area contributed by atoms with Gasteiger partial charge in [-0.25, -0.2) is 0 Å². The molecule has 7 nitrogen and oxygen atoms in total. The van der Waals surface area contributed by atoms with Crippen LogP contribution < -0.4 is 20.3 Å². The molecule has 3 unspecified atom stereocenters. The zero-order chi connectivity index (χ0) is 29.6. The minimum atomic E-state index is -1.91. The van der Waals surface area contributed by atoms with E-state index in [1.807, 2.05) is 6.07 Å². The van der Waals surface area contributed by atoms with Gasteiger partial charge in [-0.15, -0.1) is 0 Å². The van der Waals surface area contributed by atoms with Crippen LogP contribution in [0, 0.1) is 6.92 Å². The fourth-order valence-corrected chi connectivity index (χ4v) is 7.29. The zero-order valence-corrected chi connectivity index (χ0v) is 27.0. The van der Waals surface area contributed by atoms with Gasteiger partial charge in [0, 0.05) is 48.3 Å². The Labute approximate surface area is 251 Å². The van der Waals surface area contributed by atoms with Crippen molar-refractivity contribution in [2.45, 2.75) is 83.2 Å². The first-order valence-corrected chi connectivity index (χ1v) is 18.4. The standard InChI is InChI=1S/C34H46N4O3Si/c1-22-8-7-9-26-23(19-36-32(22)26)15-17-38-20-25(21-40-42(5,6)34(2,3)4)41-31-18-24(10-12-29(31)38)37-28-14-16-35-33-27(28)11-13-30(33)39/h7-10,12,14,16,18,23,25,30,36,39H,11,13,15,17,19-21H2,1-6H3,(H,35,37). The molecule has 0 saturated heterocycles. The number of anilines is 4. The fourth-order valence-electron chi connectivity index (χ4n) is 6.25. The maximum atomic E-state index is 10.3. The number of nitrogens with zero attached hydrogens (tertiary/aromatic N) is 2. The second-order valence-corrected chi connectivity index (χ2v) is 18.6. The third-order valence-electron chi connectivity index (χ3n) is 9.82. The molecule has 2 aliphatic heterocycles. The first kappa shape index (κ1) is 29.0. The first-order chi connectivity index (χ1) is 20.0. The third kappa shape index (κ3) is 5.64. The van der Waals surface area contributed by atoms with E-state index in [1.54, 1.807) is 6.20 Å². The molecular weight excluding hydrogens is 540 g/mol. The minimum absolute atomic E-state index is 0.0431. The Balaban J connectivity index is 1.23. The number of para-hydroxylation sites is 1. The summed E-state index contributed by atoms with van der Waals surface area (Å²) in [6.45, 7) is 17.0. The van der Waals surface area contributed by atoms with E-state index in [-0.39, 0.29) is 11.1 Å². The van der Waals surface area contributed by atoms with Crippen molar-refractivity contribution in [2.75, 3.05) is 41.8 Å². The Hall–Kier alpha value is -3.07. The van der Waals surface area contributed by atoms with Crippen LogP contribution in [0.4, 0.5) is 22.7 Å². The van der Waals surface area contributed by atoms with E-state index < -0.39 is 14.4 Å². The summed E-state index contributed by atoms with van der Waals surface area (Å²) < 4.78 is 13.3. The lowest BCUT2D eigenvalue weighted by molar-refractivity contribution is 0.116. The lowest BCUT2D eigenvalue weighted by atomic mass is 9.96. The Bertz CT molecular complexity index is 1450. The molecule has 3 heterocycles. The van der Waals surface area contributed by atoms with E-state index in [1.165, 1.54) is 16.8 Å². The number of aromatic nitrogens is 1. The van der Waals surface area contributed by atoms with E-state index in [9.17, 15) is 5.11 Å². The molecule has 3 atom stereocenters. The van der Waals surface area contributed by atoms with Crippen molar-refractivity contribution < 1.29 is 14.3 Å². The normalized spacial score (nSPS) is 21.3. The third-order valence-corrected chi connectivity index (χ3v) is 14.3. The van der Waals surface area contributed by atoms with Crippen LogP contribution in [0.1, 0.15) is 68.0 Å². The van der Waals surface area contributed by atoms with Crippen molar-refractivity contribution in [1.82, 2.24) is 4.98 Å². The highest BCUT2D eigenvalue weighted by Gasteiger charge is 2.39. The molecule has 2 aromatic carbocycles. The van der Waals surface area contributed by atoms with E-state index in [0.717, 1.165) is 73.0 Å². The molecule has 0 saturated carbocycles. The van der Waals surface area contributed by atoms with Gasteiger partial charge in [-0.05, 0) is 79.2 Å². The number of aliphatic hydroxyl groups excluding tert-OH is 1. The van der Waals surface area contributed by atoms with Crippen molar-refractivity contribution in [1.29, 1.82) is 0 Å². The Morgan fingerprint density at radius 3 is 2.83 bits per heavy atom. The molecular formula is C34H46N4O3Si. The van der Waals surface area contributed by atoms with Crippen LogP contribution in [0.5, 0.6) is 5.75 Å². The number of fused-ring (bicyclic) bond motifs is 3. The molecule has 0 amide bonds. The summed E-state index contributed by atoms with van der Waals surface area (Å²) in [5.41, 5.74) is 9.09. The van der Waals surface area contributed by atoms with Crippen LogP contribution in [0.3, 0.4) is 0 Å². The predicted octanol–water partition coefficient (Wildman–Crippen LogP) is 7.30. The largest absolute Gasteiger partial charge is 0.484 e. The molecule has 3 aromatic rings. The number of aryl methyl sites for hydroxylation is 1. The van der Waals surface area contributed by atoms with Crippen LogP contribution >= 0.6 is 0 Å². The molecule has 1 aromatic heterocycles. The lowest BCUT2D eigenvalue weighted by Crippen LogP contribution is -2.48. The summed E-state index contributed by atoms with van der Waals surface area (Å²) in [6.07, 6.45) is 3.88. The lowest BCUT2D eigenvalue weighted by Gasteiger charge is -2.40. The molecule has 1 aliphatic carbocycles. The van der Waals surface area contributed by atoms with Gasteiger partial charge in [0.1, 0.15) is 11.9 Å². The maximum absolute atomic E-state index is 10.3. The number of aliphatic hydroxyl groups is 1. The van der Waals surface area contributed by atoms with Crippen LogP contribution in [0.15, 0.2) is 48.7 Å². The topological polar surface area (TPSA) is 78.9 Å². The summed E-state index contributed by atoms with van der Waals surface area (Å²) >= 11 is 0. The Kier molecular flexibility index (Phi) is 7.74. The van der Waals surface area contributed by atoms with Gasteiger partial charge in [-0.3, -0.25) is 4.98 Å². The highest BCUT2D eigenvalue weighted by Crippen LogP contribution is 2.42.